The van der Waals surface area contributed by atoms with Crippen molar-refractivity contribution in [2.75, 3.05) is 0 Å². The zero-order valence-corrected chi connectivity index (χ0v) is 13.4. The maximum Gasteiger partial charge on any atom is 1.00 e. The largest absolute Gasteiger partial charge is 1.00 e. The first kappa shape index (κ1) is 24.9. The van der Waals surface area contributed by atoms with Gasteiger partial charge in [0.15, 0.2) is 9.15 Å². The monoisotopic (exact) mass is 288 g/mol. The minimum Gasteiger partial charge on any atom is -0.761 e. The van der Waals surface area contributed by atoms with Gasteiger partial charge >= 0.3 is 69.5 Å². The van der Waals surface area contributed by atoms with E-state index in [1.54, 1.807) is 0 Å². The Morgan fingerprint density at radius 1 is 1.00 bits per heavy atom. The summed E-state index contributed by atoms with van der Waals surface area (Å²) in [5.74, 6) is 0. The van der Waals surface area contributed by atoms with Crippen LogP contribution < -0.4 is 59.1 Å². The van der Waals surface area contributed by atoms with Gasteiger partial charge in [0.25, 0.3) is 0 Å². The van der Waals surface area contributed by atoms with E-state index >= 15 is 0 Å². The zero-order valence-electron chi connectivity index (χ0n) is 6.98. The van der Waals surface area contributed by atoms with Gasteiger partial charge in [-0.05, 0) is 0 Å². The minimum atomic E-state index is -5.07. The van der Waals surface area contributed by atoms with Gasteiger partial charge < -0.3 is 9.11 Å². The zero-order chi connectivity index (χ0) is 10.6. The molecule has 2 N–H and O–H groups in total. The fourth-order valence-electron chi connectivity index (χ4n) is 0. The molecule has 0 spiro atoms. The van der Waals surface area contributed by atoms with Crippen LogP contribution in [0.5, 0.6) is 0 Å². The molecular weight excluding hydrogens is 286 g/mol. The second-order valence-corrected chi connectivity index (χ2v) is 5.22. The second kappa shape index (κ2) is 10.1. The molecule has 0 bridgehead atoms. The van der Waals surface area contributed by atoms with Gasteiger partial charge in [-0.3, -0.25) is 13.3 Å². The topological polar surface area (TPSA) is 172 Å². The molecule has 0 aliphatic carbocycles. The van der Waals surface area contributed by atoms with E-state index in [1.807, 2.05) is 0 Å². The van der Waals surface area contributed by atoms with Crippen LogP contribution in [0.15, 0.2) is 0 Å². The van der Waals surface area contributed by atoms with Crippen LogP contribution >= 0.6 is 0 Å². The van der Waals surface area contributed by atoms with Gasteiger partial charge in [-0.25, -0.2) is 8.42 Å². The molecule has 0 saturated carbocycles. The van der Waals surface area contributed by atoms with Crippen molar-refractivity contribution >= 4 is 29.7 Å². The summed E-state index contributed by atoms with van der Waals surface area (Å²) in [6.07, 6.45) is 0. The Morgan fingerprint density at radius 2 is 1.07 bits per heavy atom. The van der Waals surface area contributed by atoms with Crippen LogP contribution in [0.2, 0.25) is 0 Å². The molecule has 0 aliphatic rings. The molecule has 9 nitrogen and oxygen atoms in total. The Bertz CT molecular complexity index is 326. The molecule has 0 saturated heterocycles. The van der Waals surface area contributed by atoms with E-state index in [0.29, 0.717) is 0 Å². The minimum absolute atomic E-state index is 0. The standard InChI is InChI=1S/2Na.H2O5S2.H2O4S/c;;1-6(2)7(3,4)5;1-5(2,3)4/h;;(H,1,2)(H,3,4,5);(H2,1,2,3,4)/q2*+1;;/p-2. The second-order valence-electron chi connectivity index (χ2n) is 1.06. The average molecular weight is 288 g/mol. The molecule has 0 aromatic heterocycles. The maximum atomic E-state index is 9.16. The van der Waals surface area contributed by atoms with Gasteiger partial charge in [0.2, 0.25) is 0 Å². The Kier molecular flexibility index (Phi) is 17.9. The van der Waals surface area contributed by atoms with Crippen molar-refractivity contribution in [2.24, 2.45) is 0 Å². The summed E-state index contributed by atoms with van der Waals surface area (Å²) in [6.45, 7) is 0. The molecule has 14 heavy (non-hydrogen) atoms. The first-order valence-corrected chi connectivity index (χ1v) is 6.10. The first-order chi connectivity index (χ1) is 4.94. The van der Waals surface area contributed by atoms with Crippen molar-refractivity contribution < 1.29 is 98.4 Å². The molecule has 0 heterocycles. The normalized spacial score (nSPS) is 12.3. The van der Waals surface area contributed by atoms with Crippen LogP contribution in [0.3, 0.4) is 0 Å². The summed E-state index contributed by atoms with van der Waals surface area (Å²) in [5, 5.41) is 0. The Balaban J connectivity index is -0.0000000651. The fraction of sp³-hybridized carbons (Fsp3) is 0. The van der Waals surface area contributed by atoms with Gasteiger partial charge in [0, 0.05) is 0 Å². The van der Waals surface area contributed by atoms with Crippen molar-refractivity contribution in [3.63, 3.8) is 0 Å². The van der Waals surface area contributed by atoms with Crippen molar-refractivity contribution in [1.29, 1.82) is 0 Å². The molecule has 0 aromatic carbocycles. The van der Waals surface area contributed by atoms with Gasteiger partial charge in [0.05, 0.1) is 10.1 Å². The summed E-state index contributed by atoms with van der Waals surface area (Å²) in [4.78, 5) is 0. The Morgan fingerprint density at radius 3 is 1.07 bits per heavy atom. The summed E-state index contributed by atoms with van der Waals surface area (Å²) < 4.78 is 77.3. The van der Waals surface area contributed by atoms with Crippen LogP contribution in [0.4, 0.5) is 0 Å². The molecule has 1 unspecified atom stereocenters. The van der Waals surface area contributed by atoms with Gasteiger partial charge in [0.1, 0.15) is 0 Å². The molecule has 76 valence electrons. The molecular formula is H2Na2O9S3. The number of hydrogen-bond acceptors (Lipinski definition) is 7. The third-order valence-electron chi connectivity index (χ3n) is 0.167. The van der Waals surface area contributed by atoms with E-state index in [2.05, 4.69) is 0 Å². The molecule has 0 rings (SSSR count). The van der Waals surface area contributed by atoms with Crippen LogP contribution in [0.1, 0.15) is 0 Å². The molecule has 0 radical (unpaired) electrons. The summed E-state index contributed by atoms with van der Waals surface area (Å²) in [6, 6.07) is 0. The van der Waals surface area contributed by atoms with Crippen molar-refractivity contribution in [3.05, 3.63) is 0 Å². The van der Waals surface area contributed by atoms with E-state index in [1.165, 1.54) is 0 Å². The average Bonchev–Trinajstić information content (AvgIpc) is 1.55. The Hall–Kier alpha value is 1.89. The van der Waals surface area contributed by atoms with Gasteiger partial charge in [-0.2, -0.15) is 8.42 Å². The SMILES string of the molecule is O=S(=O)(O)O.O=S([O-])S(=O)(=O)[O-].[Na+].[Na+]. The molecule has 14 heteroatoms. The molecule has 0 fully saturated rings. The summed E-state index contributed by atoms with van der Waals surface area (Å²) >= 11 is 0. The third kappa shape index (κ3) is 37.1. The first-order valence-electron chi connectivity index (χ1n) is 1.70. The van der Waals surface area contributed by atoms with Gasteiger partial charge in [-0.1, -0.05) is 0 Å². The number of hydrogen-bond donors (Lipinski definition) is 2. The van der Waals surface area contributed by atoms with E-state index in [4.69, 9.17) is 39.3 Å². The van der Waals surface area contributed by atoms with Crippen molar-refractivity contribution in [2.45, 2.75) is 0 Å². The van der Waals surface area contributed by atoms with E-state index in [9.17, 15) is 0 Å². The maximum absolute atomic E-state index is 9.16. The predicted molar refractivity (Wildman–Crippen MR) is 32.8 cm³/mol. The van der Waals surface area contributed by atoms with E-state index < -0.39 is 29.7 Å². The smallest absolute Gasteiger partial charge is 0.761 e. The van der Waals surface area contributed by atoms with E-state index in [0.717, 1.165) is 0 Å². The molecule has 0 aromatic rings. The van der Waals surface area contributed by atoms with Crippen molar-refractivity contribution in [3.8, 4) is 0 Å². The fourth-order valence-corrected chi connectivity index (χ4v) is 0. The van der Waals surface area contributed by atoms with Crippen molar-refractivity contribution in [1.82, 2.24) is 0 Å². The molecule has 1 atom stereocenters. The van der Waals surface area contributed by atoms with Crippen LogP contribution in [0, 0.1) is 0 Å². The number of rotatable bonds is 1. The Labute approximate surface area is 126 Å². The quantitative estimate of drug-likeness (QED) is 0.205. The third-order valence-corrected chi connectivity index (χ3v) is 1.50. The van der Waals surface area contributed by atoms with Crippen LogP contribution in [-0.4, -0.2) is 39.3 Å². The summed E-state index contributed by atoms with van der Waals surface area (Å²) in [7, 11) is -13.3. The summed E-state index contributed by atoms with van der Waals surface area (Å²) in [5.41, 5.74) is 0. The van der Waals surface area contributed by atoms with Crippen LogP contribution in [-0.2, 0) is 29.7 Å². The molecule has 0 aliphatic heterocycles. The molecule has 0 amide bonds. The predicted octanol–water partition coefficient (Wildman–Crippen LogP) is -8.32. The van der Waals surface area contributed by atoms with Crippen LogP contribution in [0.25, 0.3) is 0 Å². The van der Waals surface area contributed by atoms with E-state index in [-0.39, 0.29) is 59.1 Å². The van der Waals surface area contributed by atoms with Gasteiger partial charge in [-0.15, -0.1) is 0 Å².